The monoisotopic (exact) mass is 329 g/mol. The molecule has 1 saturated carbocycles. The maximum atomic E-state index is 12.3. The van der Waals surface area contributed by atoms with E-state index in [1.807, 2.05) is 30.3 Å². The molecule has 1 aromatic carbocycles. The van der Waals surface area contributed by atoms with Gasteiger partial charge in [-0.3, -0.25) is 4.79 Å². The molecule has 3 nitrogen and oxygen atoms in total. The van der Waals surface area contributed by atoms with Gasteiger partial charge < -0.3 is 9.64 Å². The second kappa shape index (κ2) is 8.34. The number of benzene rings is 1. The van der Waals surface area contributed by atoms with Gasteiger partial charge in [-0.05, 0) is 24.8 Å². The van der Waals surface area contributed by atoms with E-state index in [0.717, 1.165) is 31.2 Å². The Morgan fingerprint density at radius 1 is 1.17 bits per heavy atom. The van der Waals surface area contributed by atoms with Crippen LogP contribution in [0.4, 0.5) is 13.2 Å². The average molecular weight is 329 g/mol. The van der Waals surface area contributed by atoms with Gasteiger partial charge in [0.2, 0.25) is 5.91 Å². The molecular formula is C17H22F3NO2. The second-order valence-electron chi connectivity index (χ2n) is 5.87. The molecule has 23 heavy (non-hydrogen) atoms. The lowest BCUT2D eigenvalue weighted by Gasteiger charge is -2.29. The topological polar surface area (TPSA) is 29.5 Å². The third-order valence-corrected chi connectivity index (χ3v) is 4.06. The quantitative estimate of drug-likeness (QED) is 0.765. The molecule has 1 aliphatic rings. The lowest BCUT2D eigenvalue weighted by atomic mass is 10.1. The summed E-state index contributed by atoms with van der Waals surface area (Å²) in [5.41, 5.74) is 1.11. The van der Waals surface area contributed by atoms with Crippen LogP contribution in [0.25, 0.3) is 0 Å². The van der Waals surface area contributed by atoms with E-state index in [0.29, 0.717) is 13.0 Å². The molecular weight excluding hydrogens is 307 g/mol. The molecule has 0 bridgehead atoms. The van der Waals surface area contributed by atoms with Crippen LogP contribution in [0.3, 0.4) is 0 Å². The molecule has 128 valence electrons. The highest BCUT2D eigenvalue weighted by molar-refractivity contribution is 5.77. The zero-order valence-corrected chi connectivity index (χ0v) is 13.0. The van der Waals surface area contributed by atoms with Crippen molar-refractivity contribution in [2.24, 2.45) is 0 Å². The Morgan fingerprint density at radius 2 is 1.83 bits per heavy atom. The molecule has 0 radical (unpaired) electrons. The van der Waals surface area contributed by atoms with Crippen LogP contribution in [0.15, 0.2) is 30.3 Å². The summed E-state index contributed by atoms with van der Waals surface area (Å²) in [6.07, 6.45) is 0.247. The second-order valence-corrected chi connectivity index (χ2v) is 5.87. The molecule has 0 unspecified atom stereocenters. The van der Waals surface area contributed by atoms with E-state index in [-0.39, 0.29) is 11.9 Å². The highest BCUT2D eigenvalue weighted by atomic mass is 19.4. The molecule has 0 aliphatic heterocycles. The summed E-state index contributed by atoms with van der Waals surface area (Å²) in [5, 5.41) is 0. The normalized spacial score (nSPS) is 15.8. The number of carbonyl (C=O) groups excluding carboxylic acids is 1. The van der Waals surface area contributed by atoms with Gasteiger partial charge in [-0.15, -0.1) is 0 Å². The summed E-state index contributed by atoms with van der Waals surface area (Å²) < 4.78 is 40.9. The van der Waals surface area contributed by atoms with E-state index in [1.54, 1.807) is 4.90 Å². The summed E-state index contributed by atoms with van der Waals surface area (Å²) in [7, 11) is 0. The molecule has 1 amide bonds. The Bertz CT molecular complexity index is 484. The van der Waals surface area contributed by atoms with E-state index in [4.69, 9.17) is 0 Å². The summed E-state index contributed by atoms with van der Waals surface area (Å²) in [6.45, 7) is -1.37. The smallest absolute Gasteiger partial charge is 0.362 e. The molecule has 6 heteroatoms. The van der Waals surface area contributed by atoms with E-state index in [9.17, 15) is 18.0 Å². The predicted octanol–water partition coefficient (Wildman–Crippen LogP) is 3.58. The maximum Gasteiger partial charge on any atom is 0.411 e. The fourth-order valence-corrected chi connectivity index (χ4v) is 2.96. The van der Waals surface area contributed by atoms with Gasteiger partial charge >= 0.3 is 6.18 Å². The number of carbonyl (C=O) groups is 1. The van der Waals surface area contributed by atoms with Crippen LogP contribution in [0, 0.1) is 0 Å². The fraction of sp³-hybridized carbons (Fsp3) is 0.588. The minimum atomic E-state index is -4.40. The van der Waals surface area contributed by atoms with E-state index in [2.05, 4.69) is 4.74 Å². The highest BCUT2D eigenvalue weighted by Gasteiger charge is 2.30. The van der Waals surface area contributed by atoms with Crippen LogP contribution in [-0.4, -0.2) is 42.8 Å². The van der Waals surface area contributed by atoms with Crippen molar-refractivity contribution in [1.29, 1.82) is 0 Å². The molecule has 0 saturated heterocycles. The zero-order chi connectivity index (χ0) is 16.7. The van der Waals surface area contributed by atoms with Crippen molar-refractivity contribution in [2.45, 2.75) is 44.3 Å². The van der Waals surface area contributed by atoms with Crippen molar-refractivity contribution >= 4 is 5.91 Å². The van der Waals surface area contributed by atoms with Crippen molar-refractivity contribution in [3.8, 4) is 0 Å². The van der Waals surface area contributed by atoms with E-state index < -0.39 is 19.4 Å². The molecule has 0 aromatic heterocycles. The van der Waals surface area contributed by atoms with Crippen molar-refractivity contribution in [3.05, 3.63) is 35.9 Å². The number of rotatable bonds is 7. The minimum Gasteiger partial charge on any atom is -0.362 e. The van der Waals surface area contributed by atoms with Crippen LogP contribution in [-0.2, 0) is 16.0 Å². The van der Waals surface area contributed by atoms with Gasteiger partial charge in [0.15, 0.2) is 0 Å². The van der Waals surface area contributed by atoms with Crippen LogP contribution in [0.2, 0.25) is 0 Å². The van der Waals surface area contributed by atoms with Gasteiger partial charge in [0, 0.05) is 12.6 Å². The molecule has 0 atom stereocenters. The number of nitrogens with zero attached hydrogens (tertiary/aromatic N) is 1. The lowest BCUT2D eigenvalue weighted by Crippen LogP contribution is -2.42. The van der Waals surface area contributed by atoms with Crippen LogP contribution in [0.1, 0.15) is 31.2 Å². The Morgan fingerprint density at radius 3 is 2.43 bits per heavy atom. The van der Waals surface area contributed by atoms with Gasteiger partial charge in [0.05, 0.1) is 0 Å². The molecule has 0 heterocycles. The van der Waals surface area contributed by atoms with Gasteiger partial charge in [0.1, 0.15) is 13.2 Å². The summed E-state index contributed by atoms with van der Waals surface area (Å²) in [4.78, 5) is 14.0. The minimum absolute atomic E-state index is 0.126. The largest absolute Gasteiger partial charge is 0.411 e. The summed E-state index contributed by atoms with van der Waals surface area (Å²) in [5.74, 6) is -0.350. The third kappa shape index (κ3) is 6.22. The van der Waals surface area contributed by atoms with Crippen LogP contribution < -0.4 is 0 Å². The Labute approximate surface area is 134 Å². The SMILES string of the molecule is O=C(COCC(F)(F)F)N(CCc1ccccc1)C1CCCC1. The van der Waals surface area contributed by atoms with Gasteiger partial charge in [-0.25, -0.2) is 0 Å². The first kappa shape index (κ1) is 17.8. The summed E-state index contributed by atoms with van der Waals surface area (Å²) >= 11 is 0. The average Bonchev–Trinajstić information content (AvgIpc) is 3.01. The first-order valence-corrected chi connectivity index (χ1v) is 7.93. The summed E-state index contributed by atoms with van der Waals surface area (Å²) in [6, 6.07) is 9.89. The molecule has 1 aromatic rings. The van der Waals surface area contributed by atoms with Gasteiger partial charge in [-0.2, -0.15) is 13.2 Å². The highest BCUT2D eigenvalue weighted by Crippen LogP contribution is 2.24. The first-order chi connectivity index (χ1) is 11.0. The number of alkyl halides is 3. The van der Waals surface area contributed by atoms with Crippen LogP contribution in [0.5, 0.6) is 0 Å². The van der Waals surface area contributed by atoms with Crippen molar-refractivity contribution in [3.63, 3.8) is 0 Å². The van der Waals surface area contributed by atoms with Crippen LogP contribution >= 0.6 is 0 Å². The number of hydrogen-bond acceptors (Lipinski definition) is 2. The Balaban J connectivity index is 1.89. The number of amides is 1. The number of hydrogen-bond donors (Lipinski definition) is 0. The van der Waals surface area contributed by atoms with Crippen molar-refractivity contribution in [2.75, 3.05) is 19.8 Å². The first-order valence-electron chi connectivity index (χ1n) is 7.93. The maximum absolute atomic E-state index is 12.3. The molecule has 1 fully saturated rings. The molecule has 0 spiro atoms. The van der Waals surface area contributed by atoms with Crippen molar-refractivity contribution < 1.29 is 22.7 Å². The zero-order valence-electron chi connectivity index (χ0n) is 13.0. The van der Waals surface area contributed by atoms with Crippen molar-refractivity contribution in [1.82, 2.24) is 4.90 Å². The van der Waals surface area contributed by atoms with Gasteiger partial charge in [-0.1, -0.05) is 43.2 Å². The fourth-order valence-electron chi connectivity index (χ4n) is 2.96. The van der Waals surface area contributed by atoms with E-state index >= 15 is 0 Å². The number of halogens is 3. The number of ether oxygens (including phenoxy) is 1. The molecule has 0 N–H and O–H groups in total. The molecule has 1 aliphatic carbocycles. The lowest BCUT2D eigenvalue weighted by molar-refractivity contribution is -0.178. The Hall–Kier alpha value is -1.56. The van der Waals surface area contributed by atoms with Gasteiger partial charge in [0.25, 0.3) is 0 Å². The Kier molecular flexibility index (Phi) is 6.45. The molecule has 2 rings (SSSR count). The predicted molar refractivity (Wildman–Crippen MR) is 81.0 cm³/mol. The third-order valence-electron chi connectivity index (χ3n) is 4.06. The van der Waals surface area contributed by atoms with E-state index in [1.165, 1.54) is 0 Å². The standard InChI is InChI=1S/C17H22F3NO2/c18-17(19,20)13-23-12-16(22)21(15-8-4-5-9-15)11-10-14-6-2-1-3-7-14/h1-3,6-7,15H,4-5,8-13H2.